The van der Waals surface area contributed by atoms with E-state index in [-0.39, 0.29) is 43.6 Å². The summed E-state index contributed by atoms with van der Waals surface area (Å²) in [6.45, 7) is 5.77. The minimum Gasteiger partial charge on any atom is -0.480 e. The molecule has 0 bridgehead atoms. The maximum atomic E-state index is 15.4. The van der Waals surface area contributed by atoms with Gasteiger partial charge < -0.3 is 68.2 Å². The maximum Gasteiger partial charge on any atom is 0.490 e. The van der Waals surface area contributed by atoms with E-state index >= 15 is 4.39 Å². The monoisotopic (exact) mass is 1220 g/mol. The molecular formula is C55H70F5N11O15. The molecule has 2 aromatic carbocycles. The molecule has 0 saturated carbocycles. The van der Waals surface area contributed by atoms with Gasteiger partial charge in [0.1, 0.15) is 55.0 Å². The quantitative estimate of drug-likeness (QED) is 0.0244. The largest absolute Gasteiger partial charge is 0.490 e. The molecule has 1 aliphatic heterocycles. The normalized spacial score (nSPS) is 14.2. The molecule has 1 aromatic heterocycles. The van der Waals surface area contributed by atoms with Crippen LogP contribution < -0.4 is 43.4 Å². The van der Waals surface area contributed by atoms with Crippen LogP contribution in [0.2, 0.25) is 0 Å². The number of rotatable bonds is 30. The number of carbonyl (C=O) groups is 12. The van der Waals surface area contributed by atoms with Crippen molar-refractivity contribution in [2.24, 2.45) is 16.9 Å². The molecule has 0 spiro atoms. The number of aliphatic hydroxyl groups is 1. The van der Waals surface area contributed by atoms with Crippen LogP contribution in [-0.4, -0.2) is 170 Å². The molecule has 31 heteroatoms. The zero-order valence-electron chi connectivity index (χ0n) is 47.5. The second-order valence-corrected chi connectivity index (χ2v) is 20.7. The first-order valence-corrected chi connectivity index (χ1v) is 26.6. The first kappa shape index (κ1) is 71.1. The summed E-state index contributed by atoms with van der Waals surface area (Å²) in [5.74, 6) is -14.1. The van der Waals surface area contributed by atoms with Crippen molar-refractivity contribution < 1.29 is 94.8 Å². The molecule has 0 aliphatic carbocycles. The van der Waals surface area contributed by atoms with Crippen molar-refractivity contribution in [1.29, 1.82) is 0 Å². The van der Waals surface area contributed by atoms with E-state index in [0.29, 0.717) is 23.4 Å². The van der Waals surface area contributed by atoms with Crippen LogP contribution >= 0.6 is 0 Å². The highest BCUT2D eigenvalue weighted by molar-refractivity contribution is 6.14. The number of hydrogen-bond acceptors (Lipinski definition) is 14. The molecule has 10 amide bonds. The van der Waals surface area contributed by atoms with E-state index < -0.39 is 163 Å². The van der Waals surface area contributed by atoms with Crippen molar-refractivity contribution in [1.82, 2.24) is 46.3 Å². The Kier molecular flexibility index (Phi) is 27.1. The lowest BCUT2D eigenvalue weighted by Crippen LogP contribution is -2.58. The van der Waals surface area contributed by atoms with Gasteiger partial charge in [-0.3, -0.25) is 57.6 Å². The molecule has 0 fully saturated rings. The molecule has 6 atom stereocenters. The van der Waals surface area contributed by atoms with Crippen molar-refractivity contribution in [3.05, 3.63) is 95.8 Å². The van der Waals surface area contributed by atoms with Crippen LogP contribution in [0.25, 0.3) is 11.1 Å². The zero-order valence-corrected chi connectivity index (χ0v) is 47.5. The van der Waals surface area contributed by atoms with Crippen LogP contribution in [0, 0.1) is 17.0 Å². The number of hydrogen-bond donors (Lipinski definition) is 11. The highest BCUT2D eigenvalue weighted by atomic mass is 19.4. The third-order valence-corrected chi connectivity index (χ3v) is 12.8. The highest BCUT2D eigenvalue weighted by Crippen LogP contribution is 2.41. The summed E-state index contributed by atoms with van der Waals surface area (Å²) in [5.41, 5.74) is 11.5. The van der Waals surface area contributed by atoms with Gasteiger partial charge in [-0.15, -0.1) is 0 Å². The number of aliphatic carboxylic acids is 2. The van der Waals surface area contributed by atoms with Crippen molar-refractivity contribution in [2.45, 2.75) is 122 Å². The topological polar surface area (TPSA) is 401 Å². The molecule has 0 unspecified atom stereocenters. The van der Waals surface area contributed by atoms with Gasteiger partial charge in [0.25, 0.3) is 11.8 Å². The lowest BCUT2D eigenvalue weighted by Gasteiger charge is -2.41. The van der Waals surface area contributed by atoms with Crippen molar-refractivity contribution >= 4 is 71.0 Å². The minimum absolute atomic E-state index is 0.0764. The number of primary amides is 1. The summed E-state index contributed by atoms with van der Waals surface area (Å²) < 4.78 is 63.5. The molecule has 86 heavy (non-hydrogen) atoms. The smallest absolute Gasteiger partial charge is 0.480 e. The Labute approximate surface area is 489 Å². The van der Waals surface area contributed by atoms with Crippen LogP contribution in [0.5, 0.6) is 0 Å². The number of aromatic nitrogens is 1. The second kappa shape index (κ2) is 32.8. The van der Waals surface area contributed by atoms with E-state index in [0.717, 1.165) is 35.9 Å². The number of nitrogens with two attached hydrogens (primary N) is 2. The first-order valence-electron chi connectivity index (χ1n) is 26.6. The standard InChI is InChI=1S/C53H69F2N11O13.C2HF3O2/c1-30(60-43(70)28-66-44(71)16-17-45(66)72)48(74)61-31(2)49(75)63-39(25-41(57)68)51(77)62-38(50(76)59-21-18-42(69)58-20-10-9-13-37(56)52(78)79)19-22-65(46(73)29-67)47(53(3,4)5)40-23-33(35-24-34(54)14-15-36(35)55)27-64(40)26-32-11-7-6-8-12-32;3-2(4,5)1(6)7/h6-8,11-12,14-17,23-24,27,30-31,37-39,47,67H,9-10,13,18-22,25-26,28-29,56H2,1-5H3,(H2,57,68)(H,58,69)(H,59,76)(H,60,70)(H,61,74)(H,62,77)(H,63,75)(H,78,79);(H,6,7)/t30-,31-,37-,38-,39-,47-;/m0./s1. The lowest BCUT2D eigenvalue weighted by molar-refractivity contribution is -0.192. The molecule has 0 saturated heterocycles. The lowest BCUT2D eigenvalue weighted by atomic mass is 9.82. The summed E-state index contributed by atoms with van der Waals surface area (Å²) in [6.07, 6.45) is -2.08. The van der Waals surface area contributed by atoms with E-state index in [2.05, 4.69) is 31.9 Å². The number of carbonyl (C=O) groups excluding carboxylic acids is 10. The predicted molar refractivity (Wildman–Crippen MR) is 293 cm³/mol. The third kappa shape index (κ3) is 22.8. The predicted octanol–water partition coefficient (Wildman–Crippen LogP) is 0.397. The SMILES string of the molecule is C[C@H](NC(=O)CN1C(=O)C=CC1=O)C(=O)N[C@@H](C)C(=O)N[C@@H](CC(N)=O)C(=O)N[C@@H](CCN(C(=O)CO)[C@@H](c1cc(-c2cc(F)ccc2F)cn1Cc1ccccc1)C(C)(C)C)C(=O)NCCC(=O)NCCCC[C@H](N)C(=O)O.O=C(O)C(F)(F)F. The number of alkyl halides is 3. The Bertz CT molecular complexity index is 2970. The molecule has 470 valence electrons. The average Bonchev–Trinajstić information content (AvgIpc) is 1.82. The Balaban J connectivity index is 0.00000259. The Morgan fingerprint density at radius 3 is 1.88 bits per heavy atom. The maximum absolute atomic E-state index is 15.4. The molecule has 2 heterocycles. The van der Waals surface area contributed by atoms with Gasteiger partial charge in [-0.25, -0.2) is 13.6 Å². The summed E-state index contributed by atoms with van der Waals surface area (Å²) >= 11 is 0. The molecule has 4 rings (SSSR count). The minimum atomic E-state index is -5.08. The Morgan fingerprint density at radius 2 is 1.31 bits per heavy atom. The van der Waals surface area contributed by atoms with Gasteiger partial charge in [0.05, 0.1) is 12.5 Å². The number of nitrogens with zero attached hydrogens (tertiary/aromatic N) is 3. The van der Waals surface area contributed by atoms with E-state index in [9.17, 15) is 75.4 Å². The molecule has 13 N–H and O–H groups in total. The third-order valence-electron chi connectivity index (χ3n) is 12.8. The molecule has 1 aliphatic rings. The van der Waals surface area contributed by atoms with Gasteiger partial charge in [-0.05, 0) is 74.8 Å². The van der Waals surface area contributed by atoms with Crippen molar-refractivity contribution in [3.8, 4) is 11.1 Å². The summed E-state index contributed by atoms with van der Waals surface area (Å²) in [5, 5.41) is 41.3. The number of imide groups is 1. The molecular weight excluding hydrogens is 1150 g/mol. The van der Waals surface area contributed by atoms with E-state index in [4.69, 9.17) is 26.5 Å². The number of carboxylic acid groups (broad SMARTS) is 2. The summed E-state index contributed by atoms with van der Waals surface area (Å²) in [7, 11) is 0. The van der Waals surface area contributed by atoms with Gasteiger partial charge in [-0.1, -0.05) is 51.1 Å². The fraction of sp³-hybridized carbons (Fsp3) is 0.455. The number of benzene rings is 2. The summed E-state index contributed by atoms with van der Waals surface area (Å²) in [4.78, 5) is 152. The Hall–Kier alpha value is -9.13. The van der Waals surface area contributed by atoms with E-state index in [1.165, 1.54) is 18.7 Å². The van der Waals surface area contributed by atoms with Gasteiger partial charge in [-0.2, -0.15) is 13.2 Å². The number of unbranched alkanes of at least 4 members (excludes halogenated alkanes) is 1. The molecule has 3 aromatic rings. The second-order valence-electron chi connectivity index (χ2n) is 20.7. The van der Waals surface area contributed by atoms with E-state index in [1.807, 2.05) is 18.2 Å². The van der Waals surface area contributed by atoms with Gasteiger partial charge in [0, 0.05) is 67.8 Å². The average molecular weight is 1220 g/mol. The van der Waals surface area contributed by atoms with Crippen LogP contribution in [0.3, 0.4) is 0 Å². The molecule has 0 radical (unpaired) electrons. The van der Waals surface area contributed by atoms with Gasteiger partial charge >= 0.3 is 18.1 Å². The number of aliphatic hydroxyl groups excluding tert-OH is 1. The van der Waals surface area contributed by atoms with Gasteiger partial charge in [0.15, 0.2) is 0 Å². The number of carboxylic acids is 2. The van der Waals surface area contributed by atoms with Crippen LogP contribution in [0.1, 0.15) is 90.4 Å². The number of halogens is 5. The fourth-order valence-electron chi connectivity index (χ4n) is 8.46. The van der Waals surface area contributed by atoms with Crippen molar-refractivity contribution in [2.75, 3.05) is 32.8 Å². The zero-order chi connectivity index (χ0) is 64.8. The Morgan fingerprint density at radius 1 is 0.721 bits per heavy atom. The summed E-state index contributed by atoms with van der Waals surface area (Å²) in [6, 6.07) is 5.45. The first-order chi connectivity index (χ1) is 40.1. The van der Waals surface area contributed by atoms with Crippen molar-refractivity contribution in [3.63, 3.8) is 0 Å². The number of nitrogens with one attached hydrogen (secondary N) is 6. The fourth-order valence-corrected chi connectivity index (χ4v) is 8.46. The highest BCUT2D eigenvalue weighted by Gasteiger charge is 2.40. The van der Waals surface area contributed by atoms with Crippen LogP contribution in [-0.2, 0) is 64.1 Å². The van der Waals surface area contributed by atoms with Gasteiger partial charge in [0.2, 0.25) is 47.3 Å². The number of amides is 10. The van der Waals surface area contributed by atoms with Crippen LogP contribution in [0.15, 0.2) is 72.9 Å². The van der Waals surface area contributed by atoms with E-state index in [1.54, 1.807) is 49.7 Å². The molecule has 26 nitrogen and oxygen atoms in total. The van der Waals surface area contributed by atoms with Crippen LogP contribution in [0.4, 0.5) is 22.0 Å².